The molecule has 0 aromatic heterocycles. The molecule has 154 valence electrons. The van der Waals surface area contributed by atoms with Gasteiger partial charge in [0.2, 0.25) is 0 Å². The molecule has 1 aliphatic heterocycles. The van der Waals surface area contributed by atoms with Crippen molar-refractivity contribution in [1.82, 2.24) is 10.2 Å². The predicted molar refractivity (Wildman–Crippen MR) is 110 cm³/mol. The van der Waals surface area contributed by atoms with Crippen LogP contribution in [0.3, 0.4) is 0 Å². The van der Waals surface area contributed by atoms with Crippen LogP contribution in [0, 0.1) is 34.9 Å². The largest absolute Gasteiger partial charge is 0.387 e. The average molecular weight is 397 g/mol. The molecule has 0 spiro atoms. The van der Waals surface area contributed by atoms with E-state index < -0.39 is 0 Å². The van der Waals surface area contributed by atoms with E-state index >= 15 is 0 Å². The van der Waals surface area contributed by atoms with Crippen LogP contribution >= 0.6 is 0 Å². The first-order valence-corrected chi connectivity index (χ1v) is 10.7. The van der Waals surface area contributed by atoms with E-state index in [9.17, 15) is 14.4 Å². The number of hydrogen-bond acceptors (Lipinski definition) is 4. The normalized spacial score (nSPS) is 27.6. The predicted octanol–water partition coefficient (Wildman–Crippen LogP) is 3.30. The number of carbonyl (C=O) groups excluding carboxylic acids is 1. The maximum atomic E-state index is 13.1. The van der Waals surface area contributed by atoms with Gasteiger partial charge in [0.1, 0.15) is 17.5 Å². The van der Waals surface area contributed by atoms with E-state index in [4.69, 9.17) is 0 Å². The lowest BCUT2D eigenvalue weighted by Gasteiger charge is -2.36. The lowest BCUT2D eigenvalue weighted by molar-refractivity contribution is -0.127. The summed E-state index contributed by atoms with van der Waals surface area (Å²) in [5.41, 5.74) is 1.13. The Morgan fingerprint density at radius 3 is 2.52 bits per heavy atom. The van der Waals surface area contributed by atoms with Crippen molar-refractivity contribution in [2.45, 2.75) is 38.6 Å². The van der Waals surface area contributed by atoms with Crippen molar-refractivity contribution in [3.05, 3.63) is 41.9 Å². The van der Waals surface area contributed by atoms with E-state index in [2.05, 4.69) is 23.2 Å². The fourth-order valence-electron chi connectivity index (χ4n) is 5.38. The Bertz CT molecular complexity index is 807. The van der Waals surface area contributed by atoms with E-state index in [0.29, 0.717) is 32.1 Å². The number of hydrogen-bond donors (Lipinski definition) is 1. The second-order valence-corrected chi connectivity index (χ2v) is 8.72. The van der Waals surface area contributed by atoms with Crippen LogP contribution in [-0.4, -0.2) is 43.0 Å². The molecular formula is C23H29FN4O. The summed E-state index contributed by atoms with van der Waals surface area (Å²) in [7, 11) is 0. The van der Waals surface area contributed by atoms with Gasteiger partial charge < -0.3 is 15.1 Å². The van der Waals surface area contributed by atoms with Gasteiger partial charge in [0, 0.05) is 44.1 Å². The monoisotopic (exact) mass is 396 g/mol. The minimum atomic E-state index is -0.251. The number of rotatable bonds is 5. The van der Waals surface area contributed by atoms with E-state index in [0.717, 1.165) is 17.5 Å². The molecule has 4 rings (SSSR count). The molecule has 3 aliphatic rings. The summed E-state index contributed by atoms with van der Waals surface area (Å²) in [6.07, 6.45) is 6.95. The molecule has 1 saturated heterocycles. The van der Waals surface area contributed by atoms with Crippen molar-refractivity contribution < 1.29 is 9.18 Å². The maximum absolute atomic E-state index is 13.1. The zero-order valence-electron chi connectivity index (χ0n) is 17.0. The number of carbonyl (C=O) groups is 1. The van der Waals surface area contributed by atoms with Gasteiger partial charge in [-0.1, -0.05) is 6.42 Å². The number of nitrogens with zero attached hydrogens (tertiary/aromatic N) is 3. The van der Waals surface area contributed by atoms with Crippen molar-refractivity contribution >= 4 is 11.6 Å². The number of anilines is 1. The number of piperazine rings is 1. The summed E-state index contributed by atoms with van der Waals surface area (Å²) in [5, 5.41) is 12.9. The molecule has 1 aromatic rings. The standard InChI is InChI=1S/C23H29FN4O/c1-16(22-13-17-2-3-18(22)12-17)26-15-19(14-25)23(29)28-10-8-27(9-11-28)21-6-4-20(24)5-7-21/h4-7,15-18,22,26H,2-3,8-13H2,1H3/b19-15-. The highest BCUT2D eigenvalue weighted by Crippen LogP contribution is 2.49. The third-order valence-corrected chi connectivity index (χ3v) is 7.04. The third kappa shape index (κ3) is 4.24. The van der Waals surface area contributed by atoms with E-state index in [-0.39, 0.29) is 23.3 Å². The highest BCUT2D eigenvalue weighted by molar-refractivity contribution is 5.97. The number of benzene rings is 1. The Hall–Kier alpha value is -2.55. The molecule has 4 unspecified atom stereocenters. The van der Waals surface area contributed by atoms with Crippen LogP contribution in [0.4, 0.5) is 10.1 Å². The number of nitrogens with one attached hydrogen (secondary N) is 1. The first-order valence-electron chi connectivity index (χ1n) is 10.7. The summed E-state index contributed by atoms with van der Waals surface area (Å²) in [6, 6.07) is 8.79. The molecule has 4 atom stereocenters. The zero-order chi connectivity index (χ0) is 20.4. The van der Waals surface area contributed by atoms with Gasteiger partial charge in [-0.15, -0.1) is 0 Å². The van der Waals surface area contributed by atoms with Crippen molar-refractivity contribution in [3.63, 3.8) is 0 Å². The Kier molecular flexibility index (Phi) is 5.75. The highest BCUT2D eigenvalue weighted by Gasteiger charge is 2.41. The average Bonchev–Trinajstić information content (AvgIpc) is 3.38. The summed E-state index contributed by atoms with van der Waals surface area (Å²) in [4.78, 5) is 16.7. The lowest BCUT2D eigenvalue weighted by Crippen LogP contribution is -2.49. The summed E-state index contributed by atoms with van der Waals surface area (Å²) < 4.78 is 13.1. The Balaban J connectivity index is 1.31. The first kappa shape index (κ1) is 19.8. The van der Waals surface area contributed by atoms with Gasteiger partial charge in [0.25, 0.3) is 5.91 Å². The third-order valence-electron chi connectivity index (χ3n) is 7.04. The van der Waals surface area contributed by atoms with Crippen LogP contribution < -0.4 is 10.2 Å². The van der Waals surface area contributed by atoms with Gasteiger partial charge in [-0.05, 0) is 68.2 Å². The number of amides is 1. The Morgan fingerprint density at radius 2 is 1.93 bits per heavy atom. The molecule has 1 aromatic carbocycles. The van der Waals surface area contributed by atoms with Crippen LogP contribution in [0.25, 0.3) is 0 Å². The van der Waals surface area contributed by atoms with E-state index in [1.165, 1.54) is 37.8 Å². The quantitative estimate of drug-likeness (QED) is 0.613. The molecule has 2 saturated carbocycles. The lowest BCUT2D eigenvalue weighted by atomic mass is 9.84. The molecule has 5 nitrogen and oxygen atoms in total. The van der Waals surface area contributed by atoms with E-state index in [1.807, 2.05) is 0 Å². The minimum absolute atomic E-state index is 0.176. The molecule has 6 heteroatoms. The minimum Gasteiger partial charge on any atom is -0.387 e. The number of halogens is 1. The van der Waals surface area contributed by atoms with Gasteiger partial charge in [-0.25, -0.2) is 4.39 Å². The maximum Gasteiger partial charge on any atom is 0.266 e. The molecule has 1 amide bonds. The summed E-state index contributed by atoms with van der Waals surface area (Å²) >= 11 is 0. The van der Waals surface area contributed by atoms with Gasteiger partial charge >= 0.3 is 0 Å². The molecule has 2 bridgehead atoms. The van der Waals surface area contributed by atoms with Crippen molar-refractivity contribution in [2.75, 3.05) is 31.1 Å². The van der Waals surface area contributed by atoms with Crippen LogP contribution in [0.15, 0.2) is 36.0 Å². The zero-order valence-corrected chi connectivity index (χ0v) is 17.0. The summed E-state index contributed by atoms with van der Waals surface area (Å²) in [6.45, 7) is 4.62. The fraction of sp³-hybridized carbons (Fsp3) is 0.565. The Labute approximate surface area is 172 Å². The van der Waals surface area contributed by atoms with E-state index in [1.54, 1.807) is 23.2 Å². The fourth-order valence-corrected chi connectivity index (χ4v) is 5.38. The number of fused-ring (bicyclic) bond motifs is 2. The summed E-state index contributed by atoms with van der Waals surface area (Å²) in [5.74, 6) is 1.88. The number of nitriles is 1. The molecule has 0 radical (unpaired) electrons. The molecule has 2 aliphatic carbocycles. The first-order chi connectivity index (χ1) is 14.0. The van der Waals surface area contributed by atoms with Crippen LogP contribution in [0.1, 0.15) is 32.6 Å². The van der Waals surface area contributed by atoms with Crippen LogP contribution in [-0.2, 0) is 4.79 Å². The van der Waals surface area contributed by atoms with Crippen LogP contribution in [0.2, 0.25) is 0 Å². The second kappa shape index (κ2) is 8.44. The van der Waals surface area contributed by atoms with Gasteiger partial charge in [0.15, 0.2) is 0 Å². The van der Waals surface area contributed by atoms with Crippen molar-refractivity contribution in [1.29, 1.82) is 5.26 Å². The van der Waals surface area contributed by atoms with Gasteiger partial charge in [-0.2, -0.15) is 5.26 Å². The SMILES string of the molecule is CC(N/C=C(/C#N)C(=O)N1CCN(c2ccc(F)cc2)CC1)C1CC2CCC1C2. The molecule has 29 heavy (non-hydrogen) atoms. The highest BCUT2D eigenvalue weighted by atomic mass is 19.1. The Morgan fingerprint density at radius 1 is 1.21 bits per heavy atom. The smallest absolute Gasteiger partial charge is 0.266 e. The van der Waals surface area contributed by atoms with Crippen molar-refractivity contribution in [3.8, 4) is 6.07 Å². The van der Waals surface area contributed by atoms with Gasteiger partial charge in [0.05, 0.1) is 0 Å². The van der Waals surface area contributed by atoms with Crippen LogP contribution in [0.5, 0.6) is 0 Å². The van der Waals surface area contributed by atoms with Crippen molar-refractivity contribution in [2.24, 2.45) is 17.8 Å². The molecular weight excluding hydrogens is 367 g/mol. The molecule has 3 fully saturated rings. The van der Waals surface area contributed by atoms with Gasteiger partial charge in [-0.3, -0.25) is 4.79 Å². The molecule has 1 heterocycles. The topological polar surface area (TPSA) is 59.4 Å². The molecule has 1 N–H and O–H groups in total. The second-order valence-electron chi connectivity index (χ2n) is 8.72.